The standard InChI is InChI=1S/C25H28N4O3S/c1-25(24(31)26-17-7-4-3-5-8-17)16-28-21(15-20(27-28)22-9-6-14-33-22)23(30)29(25)18-10-12-19(32-2)13-11-18/h6,9-15,17H,3-5,7-8,16H2,1-2H3,(H,26,31)/t25-/m0/s1. The molecule has 33 heavy (non-hydrogen) atoms. The van der Waals surface area contributed by atoms with Crippen molar-refractivity contribution in [1.82, 2.24) is 15.1 Å². The minimum absolute atomic E-state index is 0.141. The summed E-state index contributed by atoms with van der Waals surface area (Å²) in [5, 5.41) is 9.93. The van der Waals surface area contributed by atoms with Gasteiger partial charge in [-0.15, -0.1) is 11.3 Å². The summed E-state index contributed by atoms with van der Waals surface area (Å²) in [5.41, 5.74) is 0.777. The summed E-state index contributed by atoms with van der Waals surface area (Å²) in [7, 11) is 1.60. The molecule has 2 aliphatic rings. The zero-order chi connectivity index (χ0) is 23.0. The molecule has 1 aliphatic carbocycles. The van der Waals surface area contributed by atoms with Crippen LogP contribution in [0.15, 0.2) is 47.8 Å². The van der Waals surface area contributed by atoms with E-state index in [-0.39, 0.29) is 24.4 Å². The number of carbonyl (C=O) groups excluding carboxylic acids is 2. The Morgan fingerprint density at radius 1 is 1.18 bits per heavy atom. The van der Waals surface area contributed by atoms with Crippen LogP contribution in [-0.4, -0.2) is 40.3 Å². The smallest absolute Gasteiger partial charge is 0.277 e. The first-order chi connectivity index (χ1) is 16.0. The van der Waals surface area contributed by atoms with Crippen molar-refractivity contribution in [3.63, 3.8) is 0 Å². The van der Waals surface area contributed by atoms with E-state index in [1.807, 2.05) is 54.8 Å². The van der Waals surface area contributed by atoms with Gasteiger partial charge >= 0.3 is 0 Å². The van der Waals surface area contributed by atoms with Crippen LogP contribution in [0.3, 0.4) is 0 Å². The van der Waals surface area contributed by atoms with E-state index in [0.29, 0.717) is 17.1 Å². The molecule has 0 saturated heterocycles. The molecule has 2 amide bonds. The first-order valence-electron chi connectivity index (χ1n) is 11.4. The molecule has 0 radical (unpaired) electrons. The first-order valence-corrected chi connectivity index (χ1v) is 12.3. The fourth-order valence-corrected chi connectivity index (χ4v) is 5.53. The van der Waals surface area contributed by atoms with Crippen molar-refractivity contribution in [2.75, 3.05) is 12.0 Å². The highest BCUT2D eigenvalue weighted by atomic mass is 32.1. The van der Waals surface area contributed by atoms with Crippen molar-refractivity contribution in [3.05, 3.63) is 53.5 Å². The SMILES string of the molecule is COc1ccc(N2C(=O)c3cc(-c4cccs4)nn3C[C@@]2(C)C(=O)NC2CCCCC2)cc1. The lowest BCUT2D eigenvalue weighted by atomic mass is 9.91. The van der Waals surface area contributed by atoms with Crippen LogP contribution in [0.2, 0.25) is 0 Å². The third-order valence-electron chi connectivity index (χ3n) is 6.69. The summed E-state index contributed by atoms with van der Waals surface area (Å²) in [5.74, 6) is 0.321. The molecule has 5 rings (SSSR count). The highest BCUT2D eigenvalue weighted by molar-refractivity contribution is 7.13. The average molecular weight is 465 g/mol. The van der Waals surface area contributed by atoms with Crippen LogP contribution in [0.25, 0.3) is 10.6 Å². The average Bonchev–Trinajstić information content (AvgIpc) is 3.50. The van der Waals surface area contributed by atoms with Crippen LogP contribution in [0, 0.1) is 0 Å². The summed E-state index contributed by atoms with van der Waals surface area (Å²) in [4.78, 5) is 30.2. The number of thiophene rings is 1. The summed E-state index contributed by atoms with van der Waals surface area (Å²) in [6.45, 7) is 2.12. The molecular weight excluding hydrogens is 436 g/mol. The molecule has 3 aromatic rings. The van der Waals surface area contributed by atoms with E-state index in [2.05, 4.69) is 5.32 Å². The van der Waals surface area contributed by atoms with Crippen molar-refractivity contribution < 1.29 is 14.3 Å². The molecule has 0 bridgehead atoms. The van der Waals surface area contributed by atoms with Crippen LogP contribution in [0.4, 0.5) is 5.69 Å². The fraction of sp³-hybridized carbons (Fsp3) is 0.400. The number of amides is 2. The third kappa shape index (κ3) is 3.93. The molecule has 7 nitrogen and oxygen atoms in total. The summed E-state index contributed by atoms with van der Waals surface area (Å²) in [6.07, 6.45) is 5.41. The Morgan fingerprint density at radius 3 is 2.61 bits per heavy atom. The molecule has 1 aliphatic heterocycles. The minimum atomic E-state index is -1.12. The molecule has 1 fully saturated rings. The fourth-order valence-electron chi connectivity index (χ4n) is 4.85. The van der Waals surface area contributed by atoms with Crippen LogP contribution < -0.4 is 15.0 Å². The molecule has 1 aromatic carbocycles. The lowest BCUT2D eigenvalue weighted by molar-refractivity contribution is -0.127. The lowest BCUT2D eigenvalue weighted by Crippen LogP contribution is -2.65. The maximum absolute atomic E-state index is 13.8. The quantitative estimate of drug-likeness (QED) is 0.604. The van der Waals surface area contributed by atoms with Gasteiger partial charge in [-0.05, 0) is 61.5 Å². The normalized spacial score (nSPS) is 21.0. The maximum atomic E-state index is 13.8. The number of rotatable bonds is 5. The number of methoxy groups -OCH3 is 1. The number of hydrogen-bond donors (Lipinski definition) is 1. The molecule has 2 aromatic heterocycles. The van der Waals surface area contributed by atoms with Gasteiger partial charge in [-0.3, -0.25) is 19.2 Å². The van der Waals surface area contributed by atoms with Gasteiger partial charge in [0, 0.05) is 11.7 Å². The summed E-state index contributed by atoms with van der Waals surface area (Å²) >= 11 is 1.58. The van der Waals surface area contributed by atoms with Gasteiger partial charge in [-0.25, -0.2) is 0 Å². The Kier molecular flexibility index (Phi) is 5.70. The minimum Gasteiger partial charge on any atom is -0.497 e. The number of aromatic nitrogens is 2. The number of fused-ring (bicyclic) bond motifs is 1. The Bertz CT molecular complexity index is 1150. The van der Waals surface area contributed by atoms with Crippen LogP contribution >= 0.6 is 11.3 Å². The van der Waals surface area contributed by atoms with E-state index in [4.69, 9.17) is 9.84 Å². The van der Waals surface area contributed by atoms with Gasteiger partial charge in [0.1, 0.15) is 22.7 Å². The van der Waals surface area contributed by atoms with Crippen molar-refractivity contribution >= 4 is 28.8 Å². The van der Waals surface area contributed by atoms with Gasteiger partial charge in [0.25, 0.3) is 5.91 Å². The van der Waals surface area contributed by atoms with Gasteiger partial charge in [-0.2, -0.15) is 5.10 Å². The highest BCUT2D eigenvalue weighted by Crippen LogP contribution is 2.36. The van der Waals surface area contributed by atoms with Crippen LogP contribution in [-0.2, 0) is 11.3 Å². The Morgan fingerprint density at radius 2 is 1.94 bits per heavy atom. The van der Waals surface area contributed by atoms with E-state index in [9.17, 15) is 9.59 Å². The maximum Gasteiger partial charge on any atom is 0.277 e. The summed E-state index contributed by atoms with van der Waals surface area (Å²) in [6, 6.07) is 13.2. The molecule has 3 heterocycles. The van der Waals surface area contributed by atoms with Gasteiger partial charge in [0.15, 0.2) is 0 Å². The second-order valence-corrected chi connectivity index (χ2v) is 9.92. The number of benzene rings is 1. The van der Waals surface area contributed by atoms with Crippen molar-refractivity contribution in [3.8, 4) is 16.3 Å². The lowest BCUT2D eigenvalue weighted by Gasteiger charge is -2.44. The second-order valence-electron chi connectivity index (χ2n) is 8.97. The first kappa shape index (κ1) is 21.7. The molecule has 0 spiro atoms. The van der Waals surface area contributed by atoms with Gasteiger partial charge in [0.05, 0.1) is 18.5 Å². The monoisotopic (exact) mass is 464 g/mol. The van der Waals surface area contributed by atoms with Crippen LogP contribution in [0.5, 0.6) is 5.75 Å². The van der Waals surface area contributed by atoms with Gasteiger partial charge in [0.2, 0.25) is 5.91 Å². The molecule has 0 unspecified atom stereocenters. The molecule has 1 saturated carbocycles. The molecular formula is C25H28N4O3S. The predicted molar refractivity (Wildman–Crippen MR) is 129 cm³/mol. The van der Waals surface area contributed by atoms with E-state index in [1.54, 1.807) is 28.0 Å². The van der Waals surface area contributed by atoms with Gasteiger partial charge in [-0.1, -0.05) is 25.3 Å². The van der Waals surface area contributed by atoms with Crippen molar-refractivity contribution in [2.24, 2.45) is 0 Å². The topological polar surface area (TPSA) is 76.5 Å². The molecule has 1 N–H and O–H groups in total. The van der Waals surface area contributed by atoms with E-state index in [1.165, 1.54) is 6.42 Å². The Labute approximate surface area is 197 Å². The van der Waals surface area contributed by atoms with Crippen LogP contribution in [0.1, 0.15) is 49.5 Å². The number of carbonyl (C=O) groups is 2. The number of nitrogens with one attached hydrogen (secondary N) is 1. The van der Waals surface area contributed by atoms with Crippen molar-refractivity contribution in [1.29, 1.82) is 0 Å². The Balaban J connectivity index is 1.55. The highest BCUT2D eigenvalue weighted by Gasteiger charge is 2.49. The molecule has 172 valence electrons. The zero-order valence-corrected chi connectivity index (χ0v) is 19.7. The van der Waals surface area contributed by atoms with Crippen molar-refractivity contribution in [2.45, 2.75) is 57.2 Å². The number of ether oxygens (including phenoxy) is 1. The van der Waals surface area contributed by atoms with E-state index >= 15 is 0 Å². The van der Waals surface area contributed by atoms with E-state index < -0.39 is 5.54 Å². The largest absolute Gasteiger partial charge is 0.497 e. The molecule has 8 heteroatoms. The number of anilines is 1. The third-order valence-corrected chi connectivity index (χ3v) is 7.58. The summed E-state index contributed by atoms with van der Waals surface area (Å²) < 4.78 is 6.98. The molecule has 1 atom stereocenters. The second kappa shape index (κ2) is 8.67. The Hall–Kier alpha value is -3.13. The van der Waals surface area contributed by atoms with Gasteiger partial charge < -0.3 is 10.1 Å². The number of nitrogens with zero attached hydrogens (tertiary/aromatic N) is 3. The predicted octanol–water partition coefficient (Wildman–Crippen LogP) is 4.49. The zero-order valence-electron chi connectivity index (χ0n) is 18.9. The van der Waals surface area contributed by atoms with E-state index in [0.717, 1.165) is 36.3 Å². The number of hydrogen-bond acceptors (Lipinski definition) is 5.